The largest absolute Gasteiger partial charge is 0.369 e. The van der Waals surface area contributed by atoms with E-state index in [0.29, 0.717) is 5.92 Å². The molecular formula is C17H25N3S. The van der Waals surface area contributed by atoms with Gasteiger partial charge in [-0.25, -0.2) is 9.97 Å². The van der Waals surface area contributed by atoms with Gasteiger partial charge in [0.2, 0.25) is 0 Å². The molecule has 2 unspecified atom stereocenters. The number of fused-ring (bicyclic) bond motifs is 1. The predicted molar refractivity (Wildman–Crippen MR) is 91.3 cm³/mol. The molecule has 0 aromatic carbocycles. The van der Waals surface area contributed by atoms with E-state index in [1.54, 1.807) is 0 Å². The van der Waals surface area contributed by atoms with Gasteiger partial charge in [-0.2, -0.15) is 0 Å². The van der Waals surface area contributed by atoms with Crippen LogP contribution in [0.1, 0.15) is 63.1 Å². The molecule has 3 rings (SSSR count). The van der Waals surface area contributed by atoms with Gasteiger partial charge in [0, 0.05) is 17.3 Å². The quantitative estimate of drug-likeness (QED) is 0.846. The summed E-state index contributed by atoms with van der Waals surface area (Å²) in [5.74, 6) is 3.48. The first-order chi connectivity index (χ1) is 10.2. The third-order valence-corrected chi connectivity index (χ3v) is 5.59. The second-order valence-corrected chi connectivity index (χ2v) is 7.37. The van der Waals surface area contributed by atoms with Crippen molar-refractivity contribution in [2.75, 3.05) is 11.9 Å². The standard InChI is InChI=1S/C17H25N3S/c1-4-8-18-16-14-10-13(5-2)21-17(14)20-15(19-16)12-7-6-11(3)9-12/h10-12H,4-9H2,1-3H3,(H,18,19,20). The SMILES string of the molecule is CCCNc1nc(C2CCC(C)C2)nc2sc(CC)cc12. The lowest BCUT2D eigenvalue weighted by Crippen LogP contribution is -2.07. The fourth-order valence-corrected chi connectivity index (χ4v) is 4.14. The fraction of sp³-hybridized carbons (Fsp3) is 0.647. The normalized spacial score (nSPS) is 22.0. The number of hydrogen-bond acceptors (Lipinski definition) is 4. The number of hydrogen-bond donors (Lipinski definition) is 1. The van der Waals surface area contributed by atoms with E-state index in [0.717, 1.165) is 41.8 Å². The zero-order valence-corrected chi connectivity index (χ0v) is 14.1. The van der Waals surface area contributed by atoms with Crippen molar-refractivity contribution < 1.29 is 0 Å². The van der Waals surface area contributed by atoms with Gasteiger partial charge in [-0.3, -0.25) is 0 Å². The highest BCUT2D eigenvalue weighted by Crippen LogP contribution is 2.38. The van der Waals surface area contributed by atoms with E-state index in [4.69, 9.17) is 9.97 Å². The molecule has 0 radical (unpaired) electrons. The average Bonchev–Trinajstić information content (AvgIpc) is 3.10. The molecular weight excluding hydrogens is 278 g/mol. The molecule has 0 saturated heterocycles. The van der Waals surface area contributed by atoms with Crippen LogP contribution in [0.15, 0.2) is 6.07 Å². The highest BCUT2D eigenvalue weighted by Gasteiger charge is 2.26. The van der Waals surface area contributed by atoms with Crippen molar-refractivity contribution in [3.05, 3.63) is 16.8 Å². The Hall–Kier alpha value is -1.16. The van der Waals surface area contributed by atoms with Crippen LogP contribution < -0.4 is 5.32 Å². The molecule has 1 aliphatic carbocycles. The van der Waals surface area contributed by atoms with Crippen molar-refractivity contribution in [1.82, 2.24) is 9.97 Å². The van der Waals surface area contributed by atoms with Crippen LogP contribution >= 0.6 is 11.3 Å². The molecule has 1 N–H and O–H groups in total. The zero-order valence-electron chi connectivity index (χ0n) is 13.3. The summed E-state index contributed by atoms with van der Waals surface area (Å²) in [6.45, 7) is 7.71. The molecule has 0 amide bonds. The number of nitrogens with zero attached hydrogens (tertiary/aromatic N) is 2. The van der Waals surface area contributed by atoms with Crippen molar-refractivity contribution in [1.29, 1.82) is 0 Å². The van der Waals surface area contributed by atoms with Crippen LogP contribution in [-0.4, -0.2) is 16.5 Å². The molecule has 0 aliphatic heterocycles. The lowest BCUT2D eigenvalue weighted by molar-refractivity contribution is 0.586. The van der Waals surface area contributed by atoms with Gasteiger partial charge in [0.15, 0.2) is 0 Å². The van der Waals surface area contributed by atoms with Gasteiger partial charge in [0.25, 0.3) is 0 Å². The van der Waals surface area contributed by atoms with Crippen molar-refractivity contribution in [3.8, 4) is 0 Å². The van der Waals surface area contributed by atoms with Gasteiger partial charge in [-0.05, 0) is 44.1 Å². The van der Waals surface area contributed by atoms with Crippen LogP contribution in [0.2, 0.25) is 0 Å². The van der Waals surface area contributed by atoms with Crippen LogP contribution in [0.5, 0.6) is 0 Å². The maximum absolute atomic E-state index is 4.90. The Kier molecular flexibility index (Phi) is 4.43. The van der Waals surface area contributed by atoms with E-state index >= 15 is 0 Å². The minimum absolute atomic E-state index is 0.554. The molecule has 0 spiro atoms. The Balaban J connectivity index is 2.00. The van der Waals surface area contributed by atoms with Gasteiger partial charge in [-0.1, -0.05) is 20.8 Å². The molecule has 3 nitrogen and oxygen atoms in total. The fourth-order valence-electron chi connectivity index (χ4n) is 3.16. The maximum atomic E-state index is 4.90. The van der Waals surface area contributed by atoms with E-state index in [2.05, 4.69) is 32.2 Å². The first kappa shape index (κ1) is 14.8. The predicted octanol–water partition coefficient (Wildman–Crippen LogP) is 4.98. The third kappa shape index (κ3) is 3.05. The summed E-state index contributed by atoms with van der Waals surface area (Å²) in [5.41, 5.74) is 0. The van der Waals surface area contributed by atoms with Crippen LogP contribution in [0.25, 0.3) is 10.2 Å². The monoisotopic (exact) mass is 303 g/mol. The average molecular weight is 303 g/mol. The lowest BCUT2D eigenvalue weighted by Gasteiger charge is -2.12. The summed E-state index contributed by atoms with van der Waals surface area (Å²) in [6, 6.07) is 2.26. The first-order valence-corrected chi connectivity index (χ1v) is 9.07. The molecule has 2 heterocycles. The summed E-state index contributed by atoms with van der Waals surface area (Å²) in [5, 5.41) is 4.71. The molecule has 0 bridgehead atoms. The third-order valence-electron chi connectivity index (χ3n) is 4.41. The number of aromatic nitrogens is 2. The van der Waals surface area contributed by atoms with Crippen molar-refractivity contribution in [2.24, 2.45) is 5.92 Å². The summed E-state index contributed by atoms with van der Waals surface area (Å²) >= 11 is 1.83. The Morgan fingerprint density at radius 1 is 1.29 bits per heavy atom. The first-order valence-electron chi connectivity index (χ1n) is 8.25. The number of thiophene rings is 1. The maximum Gasteiger partial charge on any atom is 0.138 e. The molecule has 1 fully saturated rings. The van der Waals surface area contributed by atoms with Gasteiger partial charge in [-0.15, -0.1) is 11.3 Å². The van der Waals surface area contributed by atoms with Crippen LogP contribution in [0.4, 0.5) is 5.82 Å². The minimum Gasteiger partial charge on any atom is -0.369 e. The van der Waals surface area contributed by atoms with Crippen LogP contribution in [0.3, 0.4) is 0 Å². The topological polar surface area (TPSA) is 37.8 Å². The van der Waals surface area contributed by atoms with Crippen LogP contribution in [-0.2, 0) is 6.42 Å². The summed E-state index contributed by atoms with van der Waals surface area (Å²) in [4.78, 5) is 12.3. The number of rotatable bonds is 5. The molecule has 2 aromatic rings. The van der Waals surface area contributed by atoms with Crippen molar-refractivity contribution >= 4 is 27.4 Å². The van der Waals surface area contributed by atoms with E-state index in [-0.39, 0.29) is 0 Å². The minimum atomic E-state index is 0.554. The number of nitrogens with one attached hydrogen (secondary N) is 1. The molecule has 4 heteroatoms. The van der Waals surface area contributed by atoms with E-state index in [1.807, 2.05) is 11.3 Å². The van der Waals surface area contributed by atoms with Crippen LogP contribution in [0, 0.1) is 5.92 Å². The zero-order chi connectivity index (χ0) is 14.8. The highest BCUT2D eigenvalue weighted by molar-refractivity contribution is 7.18. The Morgan fingerprint density at radius 2 is 2.14 bits per heavy atom. The van der Waals surface area contributed by atoms with Crippen molar-refractivity contribution in [3.63, 3.8) is 0 Å². The smallest absolute Gasteiger partial charge is 0.138 e. The summed E-state index contributed by atoms with van der Waals surface area (Å²) in [6.07, 6.45) is 5.99. The Bertz CT molecular complexity index is 620. The second kappa shape index (κ2) is 6.30. The van der Waals surface area contributed by atoms with Gasteiger partial charge >= 0.3 is 0 Å². The summed E-state index contributed by atoms with van der Waals surface area (Å²) < 4.78 is 0. The molecule has 1 aliphatic rings. The lowest BCUT2D eigenvalue weighted by atomic mass is 10.1. The number of anilines is 1. The highest BCUT2D eigenvalue weighted by atomic mass is 32.1. The molecule has 2 aromatic heterocycles. The van der Waals surface area contributed by atoms with Crippen molar-refractivity contribution in [2.45, 2.75) is 58.8 Å². The van der Waals surface area contributed by atoms with E-state index < -0.39 is 0 Å². The number of aryl methyl sites for hydroxylation is 1. The molecule has 2 atom stereocenters. The van der Waals surface area contributed by atoms with E-state index in [9.17, 15) is 0 Å². The van der Waals surface area contributed by atoms with Gasteiger partial charge in [0.1, 0.15) is 16.5 Å². The van der Waals surface area contributed by atoms with E-state index in [1.165, 1.54) is 29.5 Å². The molecule has 114 valence electrons. The molecule has 1 saturated carbocycles. The van der Waals surface area contributed by atoms with Gasteiger partial charge < -0.3 is 5.32 Å². The Morgan fingerprint density at radius 3 is 2.81 bits per heavy atom. The van der Waals surface area contributed by atoms with Gasteiger partial charge in [0.05, 0.1) is 5.39 Å². The summed E-state index contributed by atoms with van der Waals surface area (Å²) in [7, 11) is 0. The Labute approximate surface area is 131 Å². The second-order valence-electron chi connectivity index (χ2n) is 6.26. The molecule has 21 heavy (non-hydrogen) atoms.